The van der Waals surface area contributed by atoms with Crippen LogP contribution in [0.2, 0.25) is 0 Å². The van der Waals surface area contributed by atoms with Crippen LogP contribution in [0.5, 0.6) is 0 Å². The van der Waals surface area contributed by atoms with Crippen molar-refractivity contribution in [3.63, 3.8) is 0 Å². The van der Waals surface area contributed by atoms with Gasteiger partial charge < -0.3 is 11.1 Å². The summed E-state index contributed by atoms with van der Waals surface area (Å²) < 4.78 is 1.11. The minimum atomic E-state index is 0.455. The van der Waals surface area contributed by atoms with Crippen molar-refractivity contribution >= 4 is 21.6 Å². The lowest BCUT2D eigenvalue weighted by Crippen LogP contribution is -2.30. The molecule has 1 fully saturated rings. The molecule has 0 bridgehead atoms. The van der Waals surface area contributed by atoms with Crippen molar-refractivity contribution < 1.29 is 0 Å². The summed E-state index contributed by atoms with van der Waals surface area (Å²) in [7, 11) is 0. The predicted molar refractivity (Wildman–Crippen MR) is 63.3 cm³/mol. The Balaban J connectivity index is 1.98. The number of hydrogen-bond donors (Lipinski definition) is 2. The lowest BCUT2D eigenvalue weighted by molar-refractivity contribution is 0.645. The summed E-state index contributed by atoms with van der Waals surface area (Å²) in [5.74, 6) is 0.795. The topological polar surface area (TPSA) is 38.0 Å². The Kier molecular flexibility index (Phi) is 3.08. The highest BCUT2D eigenvalue weighted by Crippen LogP contribution is 2.33. The van der Waals surface area contributed by atoms with Gasteiger partial charge in [0.2, 0.25) is 0 Å². The Morgan fingerprint density at radius 3 is 2.50 bits per heavy atom. The molecular formula is C11H15BrN2. The van der Waals surface area contributed by atoms with E-state index in [1.807, 2.05) is 12.1 Å². The predicted octanol–water partition coefficient (Wildman–Crippen LogP) is 2.60. The fraction of sp³-hybridized carbons (Fsp3) is 0.455. The summed E-state index contributed by atoms with van der Waals surface area (Å²) in [5, 5.41) is 3.47. The molecular weight excluding hydrogens is 240 g/mol. The molecule has 0 amide bonds. The normalized spacial score (nSPS) is 17.9. The van der Waals surface area contributed by atoms with E-state index in [2.05, 4.69) is 33.4 Å². The first-order valence-corrected chi connectivity index (χ1v) is 5.81. The zero-order valence-electron chi connectivity index (χ0n) is 8.04. The Morgan fingerprint density at radius 1 is 1.36 bits per heavy atom. The van der Waals surface area contributed by atoms with Crippen LogP contribution in [0.4, 0.5) is 5.69 Å². The van der Waals surface area contributed by atoms with Crippen LogP contribution in [0.3, 0.4) is 0 Å². The maximum atomic E-state index is 5.72. The van der Waals surface area contributed by atoms with Crippen molar-refractivity contribution in [3.8, 4) is 0 Å². The monoisotopic (exact) mass is 254 g/mol. The minimum absolute atomic E-state index is 0.455. The summed E-state index contributed by atoms with van der Waals surface area (Å²) in [5.41, 5.74) is 6.88. The molecule has 0 aromatic heterocycles. The van der Waals surface area contributed by atoms with Crippen LogP contribution in [-0.4, -0.2) is 12.6 Å². The van der Waals surface area contributed by atoms with Gasteiger partial charge in [-0.3, -0.25) is 0 Å². The molecule has 14 heavy (non-hydrogen) atoms. The smallest absolute Gasteiger partial charge is 0.0411 e. The third-order valence-corrected chi connectivity index (χ3v) is 3.17. The molecule has 1 aromatic carbocycles. The number of anilines is 1. The fourth-order valence-electron chi connectivity index (χ4n) is 1.63. The highest BCUT2D eigenvalue weighted by atomic mass is 79.9. The molecule has 0 saturated heterocycles. The van der Waals surface area contributed by atoms with Crippen molar-refractivity contribution in [2.75, 3.05) is 11.9 Å². The number of benzene rings is 1. The zero-order valence-corrected chi connectivity index (χ0v) is 9.63. The van der Waals surface area contributed by atoms with Crippen LogP contribution in [0, 0.1) is 5.92 Å². The zero-order chi connectivity index (χ0) is 9.97. The van der Waals surface area contributed by atoms with Gasteiger partial charge in [0.05, 0.1) is 0 Å². The van der Waals surface area contributed by atoms with Crippen molar-refractivity contribution in [1.82, 2.24) is 0 Å². The standard InChI is InChI=1S/C11H15BrN2/c12-9-3-5-10(6-4-9)14-11(7-13)8-1-2-8/h3-6,8,11,14H,1-2,7,13H2. The largest absolute Gasteiger partial charge is 0.381 e. The van der Waals surface area contributed by atoms with Crippen LogP contribution < -0.4 is 11.1 Å². The molecule has 0 spiro atoms. The van der Waals surface area contributed by atoms with E-state index in [1.165, 1.54) is 12.8 Å². The van der Waals surface area contributed by atoms with Gasteiger partial charge in [0, 0.05) is 22.7 Å². The van der Waals surface area contributed by atoms with Gasteiger partial charge in [-0.25, -0.2) is 0 Å². The van der Waals surface area contributed by atoms with Gasteiger partial charge in [0.1, 0.15) is 0 Å². The quantitative estimate of drug-likeness (QED) is 0.867. The van der Waals surface area contributed by atoms with Gasteiger partial charge in [0.25, 0.3) is 0 Å². The van der Waals surface area contributed by atoms with Crippen molar-refractivity contribution in [1.29, 1.82) is 0 Å². The van der Waals surface area contributed by atoms with E-state index in [0.29, 0.717) is 6.04 Å². The summed E-state index contributed by atoms with van der Waals surface area (Å²) in [6.45, 7) is 0.723. The summed E-state index contributed by atoms with van der Waals surface area (Å²) in [6, 6.07) is 8.70. The fourth-order valence-corrected chi connectivity index (χ4v) is 1.89. The average molecular weight is 255 g/mol. The number of nitrogens with one attached hydrogen (secondary N) is 1. The van der Waals surface area contributed by atoms with E-state index in [4.69, 9.17) is 5.73 Å². The lowest BCUT2D eigenvalue weighted by atomic mass is 10.1. The van der Waals surface area contributed by atoms with Gasteiger partial charge in [-0.15, -0.1) is 0 Å². The molecule has 3 N–H and O–H groups in total. The molecule has 0 radical (unpaired) electrons. The van der Waals surface area contributed by atoms with Gasteiger partial charge in [0.15, 0.2) is 0 Å². The van der Waals surface area contributed by atoms with Gasteiger partial charge >= 0.3 is 0 Å². The third kappa shape index (κ3) is 2.49. The van der Waals surface area contributed by atoms with Crippen LogP contribution in [0.15, 0.2) is 28.7 Å². The van der Waals surface area contributed by atoms with E-state index in [9.17, 15) is 0 Å². The maximum absolute atomic E-state index is 5.72. The average Bonchev–Trinajstić information content (AvgIpc) is 3.01. The molecule has 3 heteroatoms. The molecule has 2 rings (SSSR count). The number of nitrogens with two attached hydrogens (primary N) is 1. The molecule has 2 nitrogen and oxygen atoms in total. The molecule has 1 aromatic rings. The molecule has 0 heterocycles. The lowest BCUT2D eigenvalue weighted by Gasteiger charge is -2.17. The van der Waals surface area contributed by atoms with E-state index in [0.717, 1.165) is 22.6 Å². The highest BCUT2D eigenvalue weighted by molar-refractivity contribution is 9.10. The van der Waals surface area contributed by atoms with E-state index in [-0.39, 0.29) is 0 Å². The molecule has 0 aliphatic heterocycles. The first-order valence-electron chi connectivity index (χ1n) is 5.02. The second-order valence-electron chi connectivity index (χ2n) is 3.83. The molecule has 1 aliphatic rings. The highest BCUT2D eigenvalue weighted by Gasteiger charge is 2.29. The molecule has 1 unspecified atom stereocenters. The summed E-state index contributed by atoms with van der Waals surface area (Å²) in [4.78, 5) is 0. The van der Waals surface area contributed by atoms with Crippen LogP contribution in [0.25, 0.3) is 0 Å². The van der Waals surface area contributed by atoms with Crippen molar-refractivity contribution in [2.45, 2.75) is 18.9 Å². The number of rotatable bonds is 4. The summed E-state index contributed by atoms with van der Waals surface area (Å²) >= 11 is 3.42. The van der Waals surface area contributed by atoms with Gasteiger partial charge in [-0.05, 0) is 43.0 Å². The van der Waals surface area contributed by atoms with E-state index < -0.39 is 0 Å². The first kappa shape index (κ1) is 9.99. The number of halogens is 1. The van der Waals surface area contributed by atoms with Crippen LogP contribution in [0.1, 0.15) is 12.8 Å². The second kappa shape index (κ2) is 4.32. The van der Waals surface area contributed by atoms with Crippen molar-refractivity contribution in [2.24, 2.45) is 11.7 Å². The maximum Gasteiger partial charge on any atom is 0.0411 e. The third-order valence-electron chi connectivity index (χ3n) is 2.64. The Bertz CT molecular complexity index is 293. The summed E-state index contributed by atoms with van der Waals surface area (Å²) in [6.07, 6.45) is 2.65. The Morgan fingerprint density at radius 2 is 2.00 bits per heavy atom. The van der Waals surface area contributed by atoms with Gasteiger partial charge in [-0.1, -0.05) is 15.9 Å². The van der Waals surface area contributed by atoms with E-state index >= 15 is 0 Å². The molecule has 1 saturated carbocycles. The molecule has 76 valence electrons. The van der Waals surface area contributed by atoms with Crippen LogP contribution in [-0.2, 0) is 0 Å². The SMILES string of the molecule is NCC(Nc1ccc(Br)cc1)C1CC1. The van der Waals surface area contributed by atoms with Gasteiger partial charge in [-0.2, -0.15) is 0 Å². The van der Waals surface area contributed by atoms with Crippen LogP contribution >= 0.6 is 15.9 Å². The Hall–Kier alpha value is -0.540. The first-order chi connectivity index (χ1) is 6.79. The van der Waals surface area contributed by atoms with E-state index in [1.54, 1.807) is 0 Å². The molecule has 1 atom stereocenters. The number of hydrogen-bond acceptors (Lipinski definition) is 2. The molecule has 1 aliphatic carbocycles. The second-order valence-corrected chi connectivity index (χ2v) is 4.75. The van der Waals surface area contributed by atoms with Crippen molar-refractivity contribution in [3.05, 3.63) is 28.7 Å². The minimum Gasteiger partial charge on any atom is -0.381 e. The Labute approximate surface area is 93.0 Å².